The smallest absolute Gasteiger partial charge is 0.293 e. The van der Waals surface area contributed by atoms with Crippen molar-refractivity contribution in [3.63, 3.8) is 0 Å². The SMILES string of the molecule is CCN(CC1CC1)c1ccc(S(C)(=O)=O)cc1[N+](=O)[O-]. The minimum atomic E-state index is -3.44. The molecule has 0 unspecified atom stereocenters. The maximum Gasteiger partial charge on any atom is 0.293 e. The molecule has 1 aliphatic carbocycles. The third kappa shape index (κ3) is 3.27. The summed E-state index contributed by atoms with van der Waals surface area (Å²) in [6.07, 6.45) is 3.37. The zero-order valence-electron chi connectivity index (χ0n) is 11.6. The normalized spacial score (nSPS) is 15.1. The maximum atomic E-state index is 11.5. The Labute approximate surface area is 118 Å². The van der Waals surface area contributed by atoms with Crippen LogP contribution in [0.5, 0.6) is 0 Å². The number of hydrogen-bond acceptors (Lipinski definition) is 5. The fourth-order valence-electron chi connectivity index (χ4n) is 2.16. The highest BCUT2D eigenvalue weighted by Gasteiger charge is 2.27. The number of nitrogens with zero attached hydrogens (tertiary/aromatic N) is 2. The lowest BCUT2D eigenvalue weighted by atomic mass is 10.2. The van der Waals surface area contributed by atoms with E-state index in [0.29, 0.717) is 18.2 Å². The van der Waals surface area contributed by atoms with Gasteiger partial charge in [0.1, 0.15) is 5.69 Å². The summed E-state index contributed by atoms with van der Waals surface area (Å²) in [4.78, 5) is 12.6. The van der Waals surface area contributed by atoms with E-state index in [1.54, 1.807) is 6.07 Å². The van der Waals surface area contributed by atoms with Crippen LogP contribution in [0.1, 0.15) is 19.8 Å². The lowest BCUT2D eigenvalue weighted by Gasteiger charge is -2.22. The van der Waals surface area contributed by atoms with Gasteiger partial charge in [0, 0.05) is 25.4 Å². The highest BCUT2D eigenvalue weighted by Crippen LogP contribution is 2.35. The molecule has 1 aliphatic rings. The van der Waals surface area contributed by atoms with Gasteiger partial charge in [-0.05, 0) is 37.8 Å². The van der Waals surface area contributed by atoms with Crippen molar-refractivity contribution in [2.45, 2.75) is 24.7 Å². The number of benzene rings is 1. The van der Waals surface area contributed by atoms with E-state index < -0.39 is 14.8 Å². The van der Waals surface area contributed by atoms with Gasteiger partial charge in [-0.25, -0.2) is 8.42 Å². The van der Waals surface area contributed by atoms with Crippen LogP contribution in [-0.4, -0.2) is 32.7 Å². The molecule has 110 valence electrons. The van der Waals surface area contributed by atoms with Crippen molar-refractivity contribution in [3.05, 3.63) is 28.3 Å². The molecule has 7 heteroatoms. The summed E-state index contributed by atoms with van der Waals surface area (Å²) in [5, 5.41) is 11.2. The Hall–Kier alpha value is -1.63. The highest BCUT2D eigenvalue weighted by atomic mass is 32.2. The van der Waals surface area contributed by atoms with Crippen molar-refractivity contribution >= 4 is 21.2 Å². The molecule has 0 bridgehead atoms. The van der Waals surface area contributed by atoms with Gasteiger partial charge in [-0.3, -0.25) is 10.1 Å². The molecule has 0 amide bonds. The topological polar surface area (TPSA) is 80.5 Å². The molecule has 1 aromatic carbocycles. The maximum absolute atomic E-state index is 11.5. The van der Waals surface area contributed by atoms with Crippen LogP contribution >= 0.6 is 0 Å². The fraction of sp³-hybridized carbons (Fsp3) is 0.538. The molecule has 1 aromatic rings. The second-order valence-corrected chi connectivity index (χ2v) is 7.18. The first-order chi connectivity index (χ1) is 9.32. The molecular formula is C13H18N2O4S. The second-order valence-electron chi connectivity index (χ2n) is 5.16. The Kier molecular flexibility index (Phi) is 3.99. The van der Waals surface area contributed by atoms with E-state index in [1.165, 1.54) is 6.07 Å². The van der Waals surface area contributed by atoms with Gasteiger partial charge in [0.2, 0.25) is 0 Å². The zero-order valence-corrected chi connectivity index (χ0v) is 12.4. The van der Waals surface area contributed by atoms with Gasteiger partial charge in [-0.2, -0.15) is 0 Å². The van der Waals surface area contributed by atoms with Gasteiger partial charge in [-0.15, -0.1) is 0 Å². The van der Waals surface area contributed by atoms with Crippen LogP contribution < -0.4 is 4.90 Å². The number of rotatable bonds is 6. The lowest BCUT2D eigenvalue weighted by Crippen LogP contribution is -2.26. The number of hydrogen-bond donors (Lipinski definition) is 0. The number of sulfone groups is 1. The molecule has 2 rings (SSSR count). The predicted octanol–water partition coefficient (Wildman–Crippen LogP) is 2.23. The first kappa shape index (κ1) is 14.8. The van der Waals surface area contributed by atoms with Gasteiger partial charge in [0.05, 0.1) is 9.82 Å². The van der Waals surface area contributed by atoms with E-state index in [9.17, 15) is 18.5 Å². The molecule has 0 aliphatic heterocycles. The number of nitro groups is 1. The summed E-state index contributed by atoms with van der Waals surface area (Å²) in [6, 6.07) is 4.13. The van der Waals surface area contributed by atoms with E-state index in [1.807, 2.05) is 11.8 Å². The van der Waals surface area contributed by atoms with Gasteiger partial charge >= 0.3 is 0 Å². The quantitative estimate of drug-likeness (QED) is 0.594. The second kappa shape index (κ2) is 5.40. The standard InChI is InChI=1S/C13H18N2O4S/c1-3-14(9-10-4-5-10)12-7-6-11(20(2,18)19)8-13(12)15(16)17/h6-8,10H,3-5,9H2,1-2H3. The molecule has 0 heterocycles. The van der Waals surface area contributed by atoms with Crippen LogP contribution in [0.4, 0.5) is 11.4 Å². The molecule has 20 heavy (non-hydrogen) atoms. The Morgan fingerprint density at radius 1 is 1.40 bits per heavy atom. The van der Waals surface area contributed by atoms with Crippen molar-refractivity contribution in [1.29, 1.82) is 0 Å². The monoisotopic (exact) mass is 298 g/mol. The van der Waals surface area contributed by atoms with Crippen LogP contribution in [0, 0.1) is 16.0 Å². The van der Waals surface area contributed by atoms with Crippen LogP contribution in [-0.2, 0) is 9.84 Å². The summed E-state index contributed by atoms with van der Waals surface area (Å²) in [7, 11) is -3.44. The average Bonchev–Trinajstić information content (AvgIpc) is 3.18. The molecule has 0 radical (unpaired) electrons. The van der Waals surface area contributed by atoms with Crippen LogP contribution in [0.3, 0.4) is 0 Å². The summed E-state index contributed by atoms with van der Waals surface area (Å²) < 4.78 is 23.0. The number of anilines is 1. The zero-order chi connectivity index (χ0) is 14.9. The van der Waals surface area contributed by atoms with Crippen LogP contribution in [0.25, 0.3) is 0 Å². The van der Waals surface area contributed by atoms with Gasteiger partial charge < -0.3 is 4.90 Å². The summed E-state index contributed by atoms with van der Waals surface area (Å²) >= 11 is 0. The molecule has 1 saturated carbocycles. The first-order valence-electron chi connectivity index (χ1n) is 6.56. The Bertz CT molecular complexity index is 623. The van der Waals surface area contributed by atoms with Gasteiger partial charge in [-0.1, -0.05) is 0 Å². The summed E-state index contributed by atoms with van der Waals surface area (Å²) in [5.74, 6) is 0.601. The third-order valence-electron chi connectivity index (χ3n) is 3.47. The predicted molar refractivity (Wildman–Crippen MR) is 76.8 cm³/mol. The summed E-state index contributed by atoms with van der Waals surface area (Å²) in [6.45, 7) is 3.39. The van der Waals surface area contributed by atoms with E-state index >= 15 is 0 Å². The highest BCUT2D eigenvalue weighted by molar-refractivity contribution is 7.90. The van der Waals surface area contributed by atoms with Gasteiger partial charge in [0.25, 0.3) is 5.69 Å². The van der Waals surface area contributed by atoms with E-state index in [2.05, 4.69) is 0 Å². The first-order valence-corrected chi connectivity index (χ1v) is 8.45. The largest absolute Gasteiger partial charge is 0.366 e. The van der Waals surface area contributed by atoms with Crippen molar-refractivity contribution in [1.82, 2.24) is 0 Å². The molecule has 0 N–H and O–H groups in total. The van der Waals surface area contributed by atoms with Crippen molar-refractivity contribution in [2.24, 2.45) is 5.92 Å². The minimum absolute atomic E-state index is 0.0181. The number of nitro benzene ring substituents is 1. The van der Waals surface area contributed by atoms with E-state index in [0.717, 1.165) is 31.7 Å². The molecule has 0 saturated heterocycles. The van der Waals surface area contributed by atoms with Crippen molar-refractivity contribution in [2.75, 3.05) is 24.2 Å². The molecule has 0 spiro atoms. The fourth-order valence-corrected chi connectivity index (χ4v) is 2.80. The minimum Gasteiger partial charge on any atom is -0.366 e. The van der Waals surface area contributed by atoms with E-state index in [4.69, 9.17) is 0 Å². The molecule has 0 aromatic heterocycles. The van der Waals surface area contributed by atoms with Crippen LogP contribution in [0.15, 0.2) is 23.1 Å². The Balaban J connectivity index is 2.43. The van der Waals surface area contributed by atoms with Gasteiger partial charge in [0.15, 0.2) is 9.84 Å². The molecule has 1 fully saturated rings. The van der Waals surface area contributed by atoms with E-state index in [-0.39, 0.29) is 10.6 Å². The molecule has 6 nitrogen and oxygen atoms in total. The third-order valence-corrected chi connectivity index (χ3v) is 4.58. The van der Waals surface area contributed by atoms with Crippen molar-refractivity contribution < 1.29 is 13.3 Å². The molecular weight excluding hydrogens is 280 g/mol. The Morgan fingerprint density at radius 2 is 2.05 bits per heavy atom. The van der Waals surface area contributed by atoms with Crippen LogP contribution in [0.2, 0.25) is 0 Å². The van der Waals surface area contributed by atoms with Crippen molar-refractivity contribution in [3.8, 4) is 0 Å². The summed E-state index contributed by atoms with van der Waals surface area (Å²) in [5.41, 5.74) is 0.354. The Morgan fingerprint density at radius 3 is 2.50 bits per heavy atom. The average molecular weight is 298 g/mol. The lowest BCUT2D eigenvalue weighted by molar-refractivity contribution is -0.384. The molecule has 0 atom stereocenters.